The van der Waals surface area contributed by atoms with E-state index in [0.29, 0.717) is 5.56 Å². The molecule has 9 nitrogen and oxygen atoms in total. The second kappa shape index (κ2) is 8.58. The lowest BCUT2D eigenvalue weighted by Crippen LogP contribution is -2.24. The zero-order valence-electron chi connectivity index (χ0n) is 20.0. The topological polar surface area (TPSA) is 132 Å². The van der Waals surface area contributed by atoms with Crippen LogP contribution in [-0.2, 0) is 5.54 Å². The number of nitrogens with one attached hydrogen (secondary N) is 1. The summed E-state index contributed by atoms with van der Waals surface area (Å²) in [6.07, 6.45) is 3.39. The number of amidine groups is 2. The van der Waals surface area contributed by atoms with Crippen LogP contribution in [0.5, 0.6) is 0 Å². The van der Waals surface area contributed by atoms with Crippen molar-refractivity contribution in [3.8, 4) is 22.5 Å². The Morgan fingerprint density at radius 3 is 2.38 bits per heavy atom. The van der Waals surface area contributed by atoms with E-state index in [1.807, 2.05) is 42.5 Å². The summed E-state index contributed by atoms with van der Waals surface area (Å²) in [6.45, 7) is 6.37. The molecule has 5 N–H and O–H groups in total. The van der Waals surface area contributed by atoms with Gasteiger partial charge >= 0.3 is 6.02 Å². The molecule has 0 spiro atoms. The van der Waals surface area contributed by atoms with Crippen LogP contribution in [0.2, 0.25) is 0 Å². The Hall–Kier alpha value is -4.27. The van der Waals surface area contributed by atoms with Gasteiger partial charge in [0.1, 0.15) is 5.82 Å². The molecule has 0 aliphatic carbocycles. The number of nitrogens with zero attached hydrogens (tertiary/aromatic N) is 6. The van der Waals surface area contributed by atoms with E-state index in [1.54, 1.807) is 31.4 Å². The van der Waals surface area contributed by atoms with Gasteiger partial charge in [-0.25, -0.2) is 15.0 Å². The molecule has 34 heavy (non-hydrogen) atoms. The van der Waals surface area contributed by atoms with Gasteiger partial charge in [-0.05, 0) is 38.5 Å². The lowest BCUT2D eigenvalue weighted by atomic mass is 10.0. The van der Waals surface area contributed by atoms with E-state index in [-0.39, 0.29) is 23.3 Å². The van der Waals surface area contributed by atoms with Crippen LogP contribution in [0.15, 0.2) is 59.9 Å². The van der Waals surface area contributed by atoms with Crippen molar-refractivity contribution in [2.24, 2.45) is 4.99 Å². The number of anilines is 1. The van der Waals surface area contributed by atoms with Crippen molar-refractivity contribution in [1.82, 2.24) is 24.4 Å². The van der Waals surface area contributed by atoms with Crippen molar-refractivity contribution < 1.29 is 5.11 Å². The van der Waals surface area contributed by atoms with Gasteiger partial charge in [0, 0.05) is 48.7 Å². The normalized spacial score (nSPS) is 12.2. The number of hydrogen-bond acceptors (Lipinski definition) is 5. The van der Waals surface area contributed by atoms with E-state index in [4.69, 9.17) is 21.2 Å². The quantitative estimate of drug-likeness (QED) is 0.276. The second-order valence-electron chi connectivity index (χ2n) is 9.20. The summed E-state index contributed by atoms with van der Waals surface area (Å²) in [4.78, 5) is 18.9. The summed E-state index contributed by atoms with van der Waals surface area (Å²) in [5.41, 5.74) is 10.3. The fourth-order valence-electron chi connectivity index (χ4n) is 3.76. The molecule has 2 aromatic heterocycles. The van der Waals surface area contributed by atoms with Gasteiger partial charge in [0.05, 0.1) is 11.0 Å². The first-order valence-corrected chi connectivity index (χ1v) is 10.8. The standard InChI is InChI=1S/C25H28N8O/c1-25(2,3)33-20-11-10-15(16-13-28-23(27)29-14-16)12-19(20)30-22(33)18-9-7-6-8-17(18)21(26)31-24(34)32(4)5/h6-14H,1-5H3,(H2,26,31,34)(H2,27,28,29)/p+1. The van der Waals surface area contributed by atoms with E-state index in [1.165, 1.54) is 0 Å². The third-order valence-corrected chi connectivity index (χ3v) is 5.39. The van der Waals surface area contributed by atoms with E-state index in [0.717, 1.165) is 33.5 Å². The van der Waals surface area contributed by atoms with Crippen molar-refractivity contribution in [2.45, 2.75) is 26.3 Å². The molecule has 0 aliphatic rings. The van der Waals surface area contributed by atoms with E-state index in [9.17, 15) is 0 Å². The molecule has 4 aromatic rings. The number of aromatic nitrogens is 4. The van der Waals surface area contributed by atoms with Crippen molar-refractivity contribution in [3.05, 3.63) is 60.4 Å². The van der Waals surface area contributed by atoms with Gasteiger partial charge in [-0.15, -0.1) is 4.99 Å². The minimum Gasteiger partial charge on any atom is -0.565 e. The van der Waals surface area contributed by atoms with Crippen LogP contribution in [0.25, 0.3) is 33.5 Å². The van der Waals surface area contributed by atoms with E-state index in [2.05, 4.69) is 40.3 Å². The molecule has 0 unspecified atom stereocenters. The van der Waals surface area contributed by atoms with Gasteiger partial charge in [0.15, 0.2) is 5.84 Å². The Kier molecular flexibility index (Phi) is 5.78. The molecule has 174 valence electrons. The Bertz CT molecular complexity index is 1390. The Balaban J connectivity index is 1.92. The minimum absolute atomic E-state index is 0.0134. The summed E-state index contributed by atoms with van der Waals surface area (Å²) in [5.74, 6) is 0.984. The van der Waals surface area contributed by atoms with Crippen molar-refractivity contribution in [3.63, 3.8) is 0 Å². The molecule has 0 radical (unpaired) electrons. The second-order valence-corrected chi connectivity index (χ2v) is 9.20. The van der Waals surface area contributed by atoms with Crippen molar-refractivity contribution in [2.75, 3.05) is 19.8 Å². The molecule has 0 saturated carbocycles. The number of rotatable bonds is 3. The van der Waals surface area contributed by atoms with Crippen LogP contribution in [0.4, 0.5) is 5.95 Å². The maximum absolute atomic E-state index is 8.57. The zero-order valence-corrected chi connectivity index (χ0v) is 20.0. The number of fused-ring (bicyclic) bond motifs is 1. The first kappa shape index (κ1) is 22.9. The maximum atomic E-state index is 8.57. The lowest BCUT2D eigenvalue weighted by Gasteiger charge is -2.25. The number of benzene rings is 2. The first-order chi connectivity index (χ1) is 16.1. The molecular formula is C25H29N8O+. The largest absolute Gasteiger partial charge is 0.565 e. The molecule has 0 saturated heterocycles. The van der Waals surface area contributed by atoms with Crippen LogP contribution in [0.1, 0.15) is 26.3 Å². The number of nitrogen functional groups attached to an aromatic ring is 1. The Labute approximate surface area is 198 Å². The fourth-order valence-corrected chi connectivity index (χ4v) is 3.76. The molecule has 2 heterocycles. The summed E-state index contributed by atoms with van der Waals surface area (Å²) < 4.78 is 2.18. The van der Waals surface area contributed by atoms with Gasteiger partial charge in [-0.1, -0.05) is 30.3 Å². The molecule has 9 heteroatoms. The van der Waals surface area contributed by atoms with Gasteiger partial charge in [-0.2, -0.15) is 0 Å². The van der Waals surface area contributed by atoms with Crippen molar-refractivity contribution >= 4 is 28.8 Å². The highest BCUT2D eigenvalue weighted by molar-refractivity contribution is 6.07. The molecular weight excluding hydrogens is 428 g/mol. The Morgan fingerprint density at radius 2 is 1.74 bits per heavy atom. The number of nitrogens with two attached hydrogens (primary N) is 1. The highest BCUT2D eigenvalue weighted by Crippen LogP contribution is 2.34. The minimum atomic E-state index is -0.279. The molecule has 2 aromatic carbocycles. The van der Waals surface area contributed by atoms with Gasteiger partial charge in [0.2, 0.25) is 5.95 Å². The van der Waals surface area contributed by atoms with Gasteiger partial charge in [-0.3, -0.25) is 10.3 Å². The molecule has 0 fully saturated rings. The molecule has 0 atom stereocenters. The molecule has 0 bridgehead atoms. The number of aliphatic imine (C=N–C) groups is 1. The van der Waals surface area contributed by atoms with Gasteiger partial charge < -0.3 is 15.4 Å². The highest BCUT2D eigenvalue weighted by atomic mass is 16.3. The van der Waals surface area contributed by atoms with Crippen LogP contribution < -0.4 is 5.73 Å². The number of hydrogen-bond donors (Lipinski definition) is 2. The molecule has 4 rings (SSSR count). The number of imidazole rings is 1. The third kappa shape index (κ3) is 4.32. The SMILES string of the molecule is CN(C)C([OH2+])=NC(=N)c1ccccc1-c1nc2cc(-c3cnc(N)nc3)ccc2n1C(C)(C)C. The van der Waals surface area contributed by atoms with Gasteiger partial charge in [0.25, 0.3) is 0 Å². The predicted octanol–water partition coefficient (Wildman–Crippen LogP) is 3.47. The summed E-state index contributed by atoms with van der Waals surface area (Å²) >= 11 is 0. The van der Waals surface area contributed by atoms with Crippen molar-refractivity contribution in [1.29, 1.82) is 5.41 Å². The monoisotopic (exact) mass is 457 g/mol. The Morgan fingerprint density at radius 1 is 1.06 bits per heavy atom. The first-order valence-electron chi connectivity index (χ1n) is 10.8. The molecule has 0 aliphatic heterocycles. The lowest BCUT2D eigenvalue weighted by molar-refractivity contribution is 0.413. The maximum Gasteiger partial charge on any atom is 0.444 e. The fraction of sp³-hybridized carbons (Fsp3) is 0.240. The predicted molar refractivity (Wildman–Crippen MR) is 137 cm³/mol. The smallest absolute Gasteiger partial charge is 0.444 e. The van der Waals surface area contributed by atoms with Crippen LogP contribution in [0, 0.1) is 5.41 Å². The van der Waals surface area contributed by atoms with E-state index >= 15 is 0 Å². The average molecular weight is 458 g/mol. The van der Waals surface area contributed by atoms with Crippen LogP contribution >= 0.6 is 0 Å². The summed E-state index contributed by atoms with van der Waals surface area (Å²) in [5, 5.41) is 16.6. The van der Waals surface area contributed by atoms with Crippen LogP contribution in [0.3, 0.4) is 0 Å². The van der Waals surface area contributed by atoms with E-state index < -0.39 is 0 Å². The zero-order chi connectivity index (χ0) is 24.6. The highest BCUT2D eigenvalue weighted by Gasteiger charge is 2.25. The average Bonchev–Trinajstić information content (AvgIpc) is 3.18. The third-order valence-electron chi connectivity index (χ3n) is 5.39. The van der Waals surface area contributed by atoms with Crippen LogP contribution in [-0.4, -0.2) is 55.5 Å². The summed E-state index contributed by atoms with van der Waals surface area (Å²) in [7, 11) is 3.46. The molecule has 0 amide bonds. The summed E-state index contributed by atoms with van der Waals surface area (Å²) in [6, 6.07) is 13.7.